The summed E-state index contributed by atoms with van der Waals surface area (Å²) >= 11 is 3.53. The van der Waals surface area contributed by atoms with Crippen LogP contribution in [0.1, 0.15) is 6.42 Å². The van der Waals surface area contributed by atoms with E-state index in [-0.39, 0.29) is 0 Å². The first-order chi connectivity index (χ1) is 12.8. The van der Waals surface area contributed by atoms with Crippen molar-refractivity contribution in [1.29, 1.82) is 0 Å². The first kappa shape index (κ1) is 17.5. The van der Waals surface area contributed by atoms with Crippen molar-refractivity contribution < 1.29 is 4.74 Å². The van der Waals surface area contributed by atoms with Gasteiger partial charge in [0.25, 0.3) is 0 Å². The first-order valence-corrected chi connectivity index (χ1v) is 9.73. The molecule has 0 saturated carbocycles. The van der Waals surface area contributed by atoms with Crippen LogP contribution in [0.3, 0.4) is 0 Å². The van der Waals surface area contributed by atoms with Gasteiger partial charge in [0.05, 0.1) is 25.1 Å². The number of hydrogen-bond donors (Lipinski definition) is 1. The highest BCUT2D eigenvalue weighted by Gasteiger charge is 2.10. The molecule has 7 heteroatoms. The highest BCUT2D eigenvalue weighted by molar-refractivity contribution is 9.10. The van der Waals surface area contributed by atoms with Gasteiger partial charge >= 0.3 is 0 Å². The Morgan fingerprint density at radius 3 is 2.88 bits per heavy atom. The summed E-state index contributed by atoms with van der Waals surface area (Å²) in [6.45, 7) is 5.77. The number of nitrogens with one attached hydrogen (secondary N) is 1. The quantitative estimate of drug-likeness (QED) is 0.625. The van der Waals surface area contributed by atoms with E-state index in [1.54, 1.807) is 0 Å². The lowest BCUT2D eigenvalue weighted by atomic mass is 10.2. The average Bonchev–Trinajstić information content (AvgIpc) is 3.09. The molecule has 0 atom stereocenters. The van der Waals surface area contributed by atoms with Gasteiger partial charge < -0.3 is 10.1 Å². The van der Waals surface area contributed by atoms with Crippen molar-refractivity contribution in [1.82, 2.24) is 19.5 Å². The standard InChI is InChI=1S/C19H22BrN5O/c20-16-4-1-3-15(13-16)17-14-22-19-6-5-18(23-25(17)19)21-7-2-8-24-9-11-26-12-10-24/h1,3-6,13-14H,2,7-12H2,(H,21,23). The molecule has 0 amide bonds. The second-order valence-corrected chi connectivity index (χ2v) is 7.29. The van der Waals surface area contributed by atoms with E-state index in [1.165, 1.54) is 0 Å². The zero-order valence-corrected chi connectivity index (χ0v) is 16.2. The fourth-order valence-electron chi connectivity index (χ4n) is 3.16. The highest BCUT2D eigenvalue weighted by Crippen LogP contribution is 2.23. The lowest BCUT2D eigenvalue weighted by molar-refractivity contribution is 0.0378. The smallest absolute Gasteiger partial charge is 0.154 e. The number of halogens is 1. The minimum atomic E-state index is 0.846. The second-order valence-electron chi connectivity index (χ2n) is 6.38. The number of hydrogen-bond acceptors (Lipinski definition) is 5. The molecule has 0 radical (unpaired) electrons. The number of imidazole rings is 1. The molecule has 0 bridgehead atoms. The van der Waals surface area contributed by atoms with Crippen LogP contribution in [-0.2, 0) is 4.74 Å². The largest absolute Gasteiger partial charge is 0.379 e. The Bertz CT molecular complexity index is 875. The van der Waals surface area contributed by atoms with E-state index in [1.807, 2.05) is 35.0 Å². The van der Waals surface area contributed by atoms with Gasteiger partial charge in [0.2, 0.25) is 0 Å². The van der Waals surface area contributed by atoms with Crippen molar-refractivity contribution in [3.63, 3.8) is 0 Å². The van der Waals surface area contributed by atoms with E-state index in [9.17, 15) is 0 Å². The topological polar surface area (TPSA) is 54.7 Å². The number of rotatable bonds is 6. The van der Waals surface area contributed by atoms with Gasteiger partial charge in [-0.05, 0) is 37.2 Å². The molecule has 0 spiro atoms. The van der Waals surface area contributed by atoms with E-state index >= 15 is 0 Å². The number of anilines is 1. The average molecular weight is 416 g/mol. The molecular formula is C19H22BrN5O. The zero-order chi connectivity index (χ0) is 17.8. The molecule has 0 aliphatic carbocycles. The Kier molecular flexibility index (Phi) is 5.48. The third kappa shape index (κ3) is 4.06. The molecule has 1 saturated heterocycles. The van der Waals surface area contributed by atoms with Crippen LogP contribution < -0.4 is 5.32 Å². The molecule has 2 aromatic heterocycles. The van der Waals surface area contributed by atoms with Crippen LogP contribution in [0.4, 0.5) is 5.82 Å². The maximum absolute atomic E-state index is 5.38. The van der Waals surface area contributed by atoms with Crippen molar-refractivity contribution in [3.05, 3.63) is 47.1 Å². The Morgan fingerprint density at radius 1 is 1.15 bits per heavy atom. The predicted molar refractivity (Wildman–Crippen MR) is 106 cm³/mol. The van der Waals surface area contributed by atoms with Gasteiger partial charge in [-0.25, -0.2) is 9.50 Å². The summed E-state index contributed by atoms with van der Waals surface area (Å²) in [5.74, 6) is 0.869. The summed E-state index contributed by atoms with van der Waals surface area (Å²) in [5.41, 5.74) is 2.92. The van der Waals surface area contributed by atoms with Crippen molar-refractivity contribution in [2.45, 2.75) is 6.42 Å². The predicted octanol–water partition coefficient (Wildman–Crippen LogP) is 3.29. The number of benzene rings is 1. The maximum atomic E-state index is 5.38. The molecule has 6 nitrogen and oxygen atoms in total. The van der Waals surface area contributed by atoms with Crippen molar-refractivity contribution in [2.24, 2.45) is 0 Å². The third-order valence-electron chi connectivity index (χ3n) is 4.54. The van der Waals surface area contributed by atoms with E-state index in [2.05, 4.69) is 43.3 Å². The van der Waals surface area contributed by atoms with Crippen LogP contribution >= 0.6 is 15.9 Å². The minimum Gasteiger partial charge on any atom is -0.379 e. The van der Waals surface area contributed by atoms with Crippen LogP contribution in [0.25, 0.3) is 16.9 Å². The van der Waals surface area contributed by atoms with Crippen LogP contribution in [0, 0.1) is 0 Å². The molecule has 1 fully saturated rings. The van der Waals surface area contributed by atoms with E-state index < -0.39 is 0 Å². The van der Waals surface area contributed by atoms with Crippen LogP contribution in [0.2, 0.25) is 0 Å². The molecule has 1 aliphatic heterocycles. The van der Waals surface area contributed by atoms with Crippen LogP contribution in [0.5, 0.6) is 0 Å². The monoisotopic (exact) mass is 415 g/mol. The number of morpholine rings is 1. The van der Waals surface area contributed by atoms with E-state index in [0.717, 1.165) is 73.0 Å². The molecule has 1 aromatic carbocycles. The second kappa shape index (κ2) is 8.16. The normalized spacial score (nSPS) is 15.4. The van der Waals surface area contributed by atoms with Gasteiger partial charge in [-0.2, -0.15) is 0 Å². The highest BCUT2D eigenvalue weighted by atomic mass is 79.9. The number of nitrogens with zero attached hydrogens (tertiary/aromatic N) is 4. The summed E-state index contributed by atoms with van der Waals surface area (Å²) in [4.78, 5) is 6.91. The van der Waals surface area contributed by atoms with Gasteiger partial charge in [-0.3, -0.25) is 4.90 Å². The fourth-order valence-corrected chi connectivity index (χ4v) is 3.56. The number of fused-ring (bicyclic) bond motifs is 1. The molecule has 3 aromatic rings. The Hall–Kier alpha value is -1.96. The maximum Gasteiger partial charge on any atom is 0.154 e. The lowest BCUT2D eigenvalue weighted by Crippen LogP contribution is -2.37. The molecule has 4 rings (SSSR count). The van der Waals surface area contributed by atoms with Crippen molar-refractivity contribution in [2.75, 3.05) is 44.7 Å². The molecule has 26 heavy (non-hydrogen) atoms. The van der Waals surface area contributed by atoms with Crippen molar-refractivity contribution in [3.8, 4) is 11.3 Å². The number of ether oxygens (including phenoxy) is 1. The SMILES string of the molecule is Brc1cccc(-c2cnc3ccc(NCCCN4CCOCC4)nn23)c1. The third-order valence-corrected chi connectivity index (χ3v) is 5.04. The summed E-state index contributed by atoms with van der Waals surface area (Å²) in [6.07, 6.45) is 2.95. The Morgan fingerprint density at radius 2 is 2.04 bits per heavy atom. The molecular weight excluding hydrogens is 394 g/mol. The summed E-state index contributed by atoms with van der Waals surface area (Å²) in [7, 11) is 0. The van der Waals surface area contributed by atoms with Gasteiger partial charge in [0.1, 0.15) is 5.82 Å². The molecule has 0 unspecified atom stereocenters. The minimum absolute atomic E-state index is 0.846. The molecule has 1 N–H and O–H groups in total. The molecule has 136 valence electrons. The molecule has 3 heterocycles. The lowest BCUT2D eigenvalue weighted by Gasteiger charge is -2.26. The van der Waals surface area contributed by atoms with Gasteiger partial charge in [-0.15, -0.1) is 5.10 Å². The van der Waals surface area contributed by atoms with Gasteiger partial charge in [0.15, 0.2) is 5.65 Å². The Labute approximate surface area is 161 Å². The zero-order valence-electron chi connectivity index (χ0n) is 14.6. The molecule has 1 aliphatic rings. The first-order valence-electron chi connectivity index (χ1n) is 8.94. The van der Waals surface area contributed by atoms with Crippen LogP contribution in [0.15, 0.2) is 47.1 Å². The van der Waals surface area contributed by atoms with Gasteiger partial charge in [0, 0.05) is 29.7 Å². The van der Waals surface area contributed by atoms with E-state index in [4.69, 9.17) is 9.84 Å². The van der Waals surface area contributed by atoms with Crippen molar-refractivity contribution >= 4 is 27.4 Å². The summed E-state index contributed by atoms with van der Waals surface area (Å²) in [6, 6.07) is 12.2. The number of aromatic nitrogens is 3. The van der Waals surface area contributed by atoms with E-state index in [0.29, 0.717) is 0 Å². The fraction of sp³-hybridized carbons (Fsp3) is 0.368. The summed E-state index contributed by atoms with van der Waals surface area (Å²) in [5, 5.41) is 8.15. The summed E-state index contributed by atoms with van der Waals surface area (Å²) < 4.78 is 8.32. The van der Waals surface area contributed by atoms with Crippen LogP contribution in [-0.4, -0.2) is 58.9 Å². The Balaban J connectivity index is 1.42. The van der Waals surface area contributed by atoms with Gasteiger partial charge in [-0.1, -0.05) is 28.1 Å².